The van der Waals surface area contributed by atoms with E-state index in [4.69, 9.17) is 34.8 Å². The van der Waals surface area contributed by atoms with Gasteiger partial charge in [-0.15, -0.1) is 0 Å². The number of hydrogen-bond donors (Lipinski definition) is 1. The fourth-order valence-electron chi connectivity index (χ4n) is 2.34. The largest absolute Gasteiger partial charge is 0.367 e. The van der Waals surface area contributed by atoms with Crippen LogP contribution in [0.25, 0.3) is 0 Å². The molecule has 1 aliphatic rings. The highest BCUT2D eigenvalue weighted by molar-refractivity contribution is 6.44. The smallest absolute Gasteiger partial charge is 0.0655 e. The van der Waals surface area contributed by atoms with Crippen molar-refractivity contribution < 1.29 is 0 Å². The van der Waals surface area contributed by atoms with Gasteiger partial charge in [-0.1, -0.05) is 48.1 Å². The van der Waals surface area contributed by atoms with Crippen molar-refractivity contribution in [1.82, 2.24) is 5.32 Å². The van der Waals surface area contributed by atoms with Gasteiger partial charge in [0.15, 0.2) is 0 Å². The number of hydrogen-bond acceptors (Lipinski definition) is 2. The summed E-state index contributed by atoms with van der Waals surface area (Å²) < 4.78 is 0. The van der Waals surface area contributed by atoms with Crippen LogP contribution in [0.4, 0.5) is 5.69 Å². The molecule has 100 valence electrons. The van der Waals surface area contributed by atoms with Gasteiger partial charge in [0.25, 0.3) is 0 Å². The van der Waals surface area contributed by atoms with Gasteiger partial charge in [0.2, 0.25) is 0 Å². The predicted octanol–water partition coefficient (Wildman–Crippen LogP) is 4.23. The summed E-state index contributed by atoms with van der Waals surface area (Å²) in [7, 11) is 0. The molecule has 1 aromatic carbocycles. The van der Waals surface area contributed by atoms with Crippen LogP contribution in [0.1, 0.15) is 19.8 Å². The molecule has 1 aliphatic heterocycles. The Morgan fingerprint density at radius 3 is 2.67 bits per heavy atom. The second-order valence-electron chi connectivity index (χ2n) is 4.60. The monoisotopic (exact) mass is 306 g/mol. The summed E-state index contributed by atoms with van der Waals surface area (Å²) in [5.41, 5.74) is 0.980. The lowest BCUT2D eigenvalue weighted by molar-refractivity contribution is 0.431. The van der Waals surface area contributed by atoms with Crippen LogP contribution in [-0.2, 0) is 0 Å². The Balaban J connectivity index is 2.18. The van der Waals surface area contributed by atoms with Crippen LogP contribution in [0.15, 0.2) is 12.1 Å². The van der Waals surface area contributed by atoms with Gasteiger partial charge >= 0.3 is 0 Å². The Bertz CT molecular complexity index is 421. The first-order valence-corrected chi connectivity index (χ1v) is 7.38. The van der Waals surface area contributed by atoms with Crippen LogP contribution in [0.2, 0.25) is 15.1 Å². The Labute approximate surface area is 123 Å². The second kappa shape index (κ2) is 6.33. The molecule has 2 rings (SSSR count). The number of halogens is 3. The van der Waals surface area contributed by atoms with E-state index in [0.29, 0.717) is 21.1 Å². The molecular formula is C13H17Cl3N2. The molecule has 1 aromatic rings. The van der Waals surface area contributed by atoms with Crippen LogP contribution < -0.4 is 10.2 Å². The molecule has 1 N–H and O–H groups in total. The Hall–Kier alpha value is -0.150. The van der Waals surface area contributed by atoms with Crippen molar-refractivity contribution in [1.29, 1.82) is 0 Å². The molecule has 1 unspecified atom stereocenters. The van der Waals surface area contributed by atoms with Gasteiger partial charge in [-0.2, -0.15) is 0 Å². The quantitative estimate of drug-likeness (QED) is 0.841. The number of rotatable bonds is 3. The summed E-state index contributed by atoms with van der Waals surface area (Å²) in [5, 5.41) is 5.25. The average Bonchev–Trinajstić information content (AvgIpc) is 2.34. The molecule has 1 heterocycles. The molecule has 18 heavy (non-hydrogen) atoms. The molecule has 1 atom stereocenters. The lowest BCUT2D eigenvalue weighted by Gasteiger charge is -2.35. The maximum Gasteiger partial charge on any atom is 0.0655 e. The third-order valence-corrected chi connectivity index (χ3v) is 4.25. The van der Waals surface area contributed by atoms with Gasteiger partial charge in [-0.25, -0.2) is 0 Å². The Morgan fingerprint density at radius 2 is 1.94 bits per heavy atom. The minimum Gasteiger partial charge on any atom is -0.367 e. The van der Waals surface area contributed by atoms with E-state index in [2.05, 4.69) is 17.1 Å². The normalized spacial score (nSPS) is 20.2. The van der Waals surface area contributed by atoms with Gasteiger partial charge in [-0.05, 0) is 18.6 Å². The van der Waals surface area contributed by atoms with Gasteiger partial charge in [0.1, 0.15) is 0 Å². The SMILES string of the molecule is CCCC1CN(c2cc(Cl)c(Cl)cc2Cl)CCN1. The molecule has 0 spiro atoms. The van der Waals surface area contributed by atoms with Crippen LogP contribution in [-0.4, -0.2) is 25.7 Å². The minimum absolute atomic E-state index is 0.505. The van der Waals surface area contributed by atoms with Crippen LogP contribution in [0.3, 0.4) is 0 Å². The molecule has 0 bridgehead atoms. The molecule has 0 saturated carbocycles. The van der Waals surface area contributed by atoms with E-state index in [1.165, 1.54) is 12.8 Å². The number of nitrogens with zero attached hydrogens (tertiary/aromatic N) is 1. The zero-order valence-electron chi connectivity index (χ0n) is 10.3. The third-order valence-electron chi connectivity index (χ3n) is 3.22. The first kappa shape index (κ1) is 14.3. The van der Waals surface area contributed by atoms with E-state index < -0.39 is 0 Å². The molecule has 0 amide bonds. The van der Waals surface area contributed by atoms with Gasteiger partial charge in [-0.3, -0.25) is 0 Å². The lowest BCUT2D eigenvalue weighted by Crippen LogP contribution is -2.50. The van der Waals surface area contributed by atoms with Gasteiger partial charge < -0.3 is 10.2 Å². The van der Waals surface area contributed by atoms with Crippen molar-refractivity contribution >= 4 is 40.5 Å². The summed E-state index contributed by atoms with van der Waals surface area (Å²) in [6.07, 6.45) is 2.36. The first-order valence-electron chi connectivity index (χ1n) is 6.24. The molecule has 0 aliphatic carbocycles. The maximum atomic E-state index is 6.25. The lowest BCUT2D eigenvalue weighted by atomic mass is 10.1. The number of piperazine rings is 1. The number of anilines is 1. The van der Waals surface area contributed by atoms with Crippen molar-refractivity contribution in [2.45, 2.75) is 25.8 Å². The highest BCUT2D eigenvalue weighted by Crippen LogP contribution is 2.35. The average molecular weight is 308 g/mol. The molecular weight excluding hydrogens is 291 g/mol. The first-order chi connectivity index (χ1) is 8.61. The summed E-state index contributed by atoms with van der Waals surface area (Å²) in [6, 6.07) is 4.10. The standard InChI is InChI=1S/C13H17Cl3N2/c1-2-3-9-8-18(5-4-17-9)13-7-11(15)10(14)6-12(13)16/h6-7,9,17H,2-5,8H2,1H3. The van der Waals surface area contributed by atoms with E-state index in [0.717, 1.165) is 25.3 Å². The molecule has 2 nitrogen and oxygen atoms in total. The van der Waals surface area contributed by atoms with Crippen LogP contribution >= 0.6 is 34.8 Å². The van der Waals surface area contributed by atoms with E-state index >= 15 is 0 Å². The minimum atomic E-state index is 0.505. The zero-order chi connectivity index (χ0) is 13.1. The van der Waals surface area contributed by atoms with Crippen LogP contribution in [0.5, 0.6) is 0 Å². The Kier molecular flexibility index (Phi) is 5.02. The van der Waals surface area contributed by atoms with Crippen molar-refractivity contribution in [3.8, 4) is 0 Å². The molecule has 1 saturated heterocycles. The maximum absolute atomic E-state index is 6.25. The fourth-order valence-corrected chi connectivity index (χ4v) is 3.00. The van der Waals surface area contributed by atoms with E-state index in [-0.39, 0.29) is 0 Å². The van der Waals surface area contributed by atoms with E-state index in [1.54, 1.807) is 6.07 Å². The fraction of sp³-hybridized carbons (Fsp3) is 0.538. The van der Waals surface area contributed by atoms with Crippen LogP contribution in [0, 0.1) is 0 Å². The number of nitrogens with one attached hydrogen (secondary N) is 1. The summed E-state index contributed by atoms with van der Waals surface area (Å²) in [4.78, 5) is 2.28. The van der Waals surface area contributed by atoms with Crippen molar-refractivity contribution in [3.63, 3.8) is 0 Å². The third kappa shape index (κ3) is 3.24. The van der Waals surface area contributed by atoms with Crippen molar-refractivity contribution in [2.75, 3.05) is 24.5 Å². The van der Waals surface area contributed by atoms with Gasteiger partial charge in [0, 0.05) is 25.7 Å². The Morgan fingerprint density at radius 1 is 1.22 bits per heavy atom. The van der Waals surface area contributed by atoms with E-state index in [9.17, 15) is 0 Å². The van der Waals surface area contributed by atoms with Crippen molar-refractivity contribution in [2.24, 2.45) is 0 Å². The van der Waals surface area contributed by atoms with Crippen molar-refractivity contribution in [3.05, 3.63) is 27.2 Å². The summed E-state index contributed by atoms with van der Waals surface area (Å²) in [5.74, 6) is 0. The number of benzene rings is 1. The predicted molar refractivity (Wildman–Crippen MR) is 80.4 cm³/mol. The molecule has 0 radical (unpaired) electrons. The zero-order valence-corrected chi connectivity index (χ0v) is 12.6. The molecule has 0 aromatic heterocycles. The topological polar surface area (TPSA) is 15.3 Å². The summed E-state index contributed by atoms with van der Waals surface area (Å²) in [6.45, 7) is 5.08. The summed E-state index contributed by atoms with van der Waals surface area (Å²) >= 11 is 18.3. The molecule has 1 fully saturated rings. The highest BCUT2D eigenvalue weighted by atomic mass is 35.5. The highest BCUT2D eigenvalue weighted by Gasteiger charge is 2.21. The molecule has 5 heteroatoms. The second-order valence-corrected chi connectivity index (χ2v) is 5.83. The van der Waals surface area contributed by atoms with E-state index in [1.807, 2.05) is 6.07 Å². The van der Waals surface area contributed by atoms with Gasteiger partial charge in [0.05, 0.1) is 20.8 Å².